The molecule has 0 bridgehead atoms. The summed E-state index contributed by atoms with van der Waals surface area (Å²) in [5, 5.41) is 7.78. The molecule has 0 aliphatic heterocycles. The minimum absolute atomic E-state index is 0.0434. The predicted octanol–water partition coefficient (Wildman–Crippen LogP) is 1.07. The largest absolute Gasteiger partial charge is 0.369 e. The highest BCUT2D eigenvalue weighted by Gasteiger charge is 2.25. The van der Waals surface area contributed by atoms with Crippen molar-refractivity contribution >= 4 is 11.7 Å². The quantitative estimate of drug-likeness (QED) is 0.381. The SMILES string of the molecule is CC(C)C1CCC/C1=N\N=C(N)N. The second-order valence-electron chi connectivity index (χ2n) is 3.86. The van der Waals surface area contributed by atoms with E-state index in [9.17, 15) is 0 Å². The summed E-state index contributed by atoms with van der Waals surface area (Å²) in [5.41, 5.74) is 11.6. The molecule has 1 saturated carbocycles. The maximum Gasteiger partial charge on any atom is 0.211 e. The van der Waals surface area contributed by atoms with Crippen LogP contribution in [0.15, 0.2) is 10.2 Å². The van der Waals surface area contributed by atoms with Gasteiger partial charge in [-0.2, -0.15) is 5.10 Å². The molecule has 0 aromatic rings. The van der Waals surface area contributed by atoms with E-state index in [-0.39, 0.29) is 5.96 Å². The molecule has 4 N–H and O–H groups in total. The van der Waals surface area contributed by atoms with E-state index in [1.54, 1.807) is 0 Å². The first-order chi connectivity index (χ1) is 6.11. The third-order valence-corrected chi connectivity index (χ3v) is 2.47. The lowest BCUT2D eigenvalue weighted by atomic mass is 9.93. The molecule has 0 saturated heterocycles. The van der Waals surface area contributed by atoms with Gasteiger partial charge in [-0.05, 0) is 25.2 Å². The van der Waals surface area contributed by atoms with Gasteiger partial charge in [-0.3, -0.25) is 0 Å². The van der Waals surface area contributed by atoms with E-state index in [1.807, 2.05) is 0 Å². The molecule has 4 nitrogen and oxygen atoms in total. The molecule has 0 amide bonds. The number of hydrogen-bond acceptors (Lipinski definition) is 2. The average molecular weight is 182 g/mol. The lowest BCUT2D eigenvalue weighted by molar-refractivity contribution is 0.486. The fraction of sp³-hybridized carbons (Fsp3) is 0.778. The Morgan fingerprint density at radius 3 is 2.69 bits per heavy atom. The van der Waals surface area contributed by atoms with E-state index in [2.05, 4.69) is 24.1 Å². The van der Waals surface area contributed by atoms with E-state index in [0.29, 0.717) is 11.8 Å². The van der Waals surface area contributed by atoms with Gasteiger partial charge >= 0.3 is 0 Å². The minimum atomic E-state index is 0.0434. The standard InChI is InChI=1S/C9H18N4/c1-6(2)7-4-3-5-8(7)12-13-9(10)11/h6-7H,3-5H2,1-2H3,(H4,10,11,13)/b12-8+. The fourth-order valence-corrected chi connectivity index (χ4v) is 1.82. The van der Waals surface area contributed by atoms with Crippen LogP contribution in [0.1, 0.15) is 33.1 Å². The summed E-state index contributed by atoms with van der Waals surface area (Å²) in [6.07, 6.45) is 3.47. The molecule has 1 fully saturated rings. The van der Waals surface area contributed by atoms with Gasteiger partial charge in [0.15, 0.2) is 0 Å². The summed E-state index contributed by atoms with van der Waals surface area (Å²) < 4.78 is 0. The number of nitrogens with zero attached hydrogens (tertiary/aromatic N) is 2. The molecule has 1 aliphatic rings. The lowest BCUT2D eigenvalue weighted by Gasteiger charge is -2.13. The minimum Gasteiger partial charge on any atom is -0.369 e. The van der Waals surface area contributed by atoms with Crippen molar-refractivity contribution in [3.05, 3.63) is 0 Å². The second kappa shape index (κ2) is 4.25. The molecule has 0 heterocycles. The summed E-state index contributed by atoms with van der Waals surface area (Å²) in [6.45, 7) is 4.42. The molecule has 0 spiro atoms. The van der Waals surface area contributed by atoms with Crippen LogP contribution in [0.5, 0.6) is 0 Å². The molecule has 1 atom stereocenters. The molecule has 1 rings (SSSR count). The molecule has 1 unspecified atom stereocenters. The fourth-order valence-electron chi connectivity index (χ4n) is 1.82. The van der Waals surface area contributed by atoms with Gasteiger partial charge in [0.2, 0.25) is 5.96 Å². The highest BCUT2D eigenvalue weighted by molar-refractivity contribution is 5.89. The van der Waals surface area contributed by atoms with E-state index in [4.69, 9.17) is 11.5 Å². The molecular formula is C9H18N4. The summed E-state index contributed by atoms with van der Waals surface area (Å²) in [7, 11) is 0. The van der Waals surface area contributed by atoms with Gasteiger partial charge in [-0.15, -0.1) is 5.10 Å². The van der Waals surface area contributed by atoms with Crippen molar-refractivity contribution in [1.29, 1.82) is 0 Å². The smallest absolute Gasteiger partial charge is 0.211 e. The highest BCUT2D eigenvalue weighted by atomic mass is 15.3. The Morgan fingerprint density at radius 1 is 1.46 bits per heavy atom. The van der Waals surface area contributed by atoms with Gasteiger partial charge < -0.3 is 11.5 Å². The van der Waals surface area contributed by atoms with Gasteiger partial charge in [0.1, 0.15) is 0 Å². The number of guanidine groups is 1. The number of rotatable bonds is 2. The van der Waals surface area contributed by atoms with Crippen LogP contribution in [0.25, 0.3) is 0 Å². The summed E-state index contributed by atoms with van der Waals surface area (Å²) in [5.74, 6) is 1.25. The topological polar surface area (TPSA) is 76.8 Å². The molecule has 4 heteroatoms. The van der Waals surface area contributed by atoms with Crippen LogP contribution < -0.4 is 11.5 Å². The van der Waals surface area contributed by atoms with Crippen molar-refractivity contribution in [2.75, 3.05) is 0 Å². The zero-order valence-corrected chi connectivity index (χ0v) is 8.33. The summed E-state index contributed by atoms with van der Waals surface area (Å²) in [6, 6.07) is 0. The van der Waals surface area contributed by atoms with Crippen LogP contribution in [-0.2, 0) is 0 Å². The maximum absolute atomic E-state index is 5.21. The number of hydrogen-bond donors (Lipinski definition) is 2. The van der Waals surface area contributed by atoms with Crippen molar-refractivity contribution in [3.8, 4) is 0 Å². The van der Waals surface area contributed by atoms with Gasteiger partial charge in [0, 0.05) is 11.6 Å². The third kappa shape index (κ3) is 2.72. The predicted molar refractivity (Wildman–Crippen MR) is 55.4 cm³/mol. The Labute approximate surface area is 79.1 Å². The van der Waals surface area contributed by atoms with Crippen LogP contribution in [0, 0.1) is 11.8 Å². The van der Waals surface area contributed by atoms with Crippen LogP contribution >= 0.6 is 0 Å². The molecule has 13 heavy (non-hydrogen) atoms. The van der Waals surface area contributed by atoms with Gasteiger partial charge in [0.25, 0.3) is 0 Å². The first kappa shape index (κ1) is 10.0. The summed E-state index contributed by atoms with van der Waals surface area (Å²) >= 11 is 0. The third-order valence-electron chi connectivity index (χ3n) is 2.47. The van der Waals surface area contributed by atoms with Crippen LogP contribution in [0.4, 0.5) is 0 Å². The highest BCUT2D eigenvalue weighted by Crippen LogP contribution is 2.28. The Balaban J connectivity index is 2.68. The van der Waals surface area contributed by atoms with Crippen molar-refractivity contribution < 1.29 is 0 Å². The first-order valence-corrected chi connectivity index (χ1v) is 4.76. The zero-order valence-electron chi connectivity index (χ0n) is 8.33. The van der Waals surface area contributed by atoms with E-state index < -0.39 is 0 Å². The molecule has 0 radical (unpaired) electrons. The maximum atomic E-state index is 5.21. The Morgan fingerprint density at radius 2 is 2.15 bits per heavy atom. The van der Waals surface area contributed by atoms with Crippen molar-refractivity contribution in [3.63, 3.8) is 0 Å². The van der Waals surface area contributed by atoms with Crippen LogP contribution in [0.2, 0.25) is 0 Å². The molecule has 1 aliphatic carbocycles. The molecular weight excluding hydrogens is 164 g/mol. The first-order valence-electron chi connectivity index (χ1n) is 4.76. The van der Waals surface area contributed by atoms with E-state index in [0.717, 1.165) is 12.1 Å². The Kier molecular flexibility index (Phi) is 3.28. The van der Waals surface area contributed by atoms with Crippen LogP contribution in [-0.4, -0.2) is 11.7 Å². The van der Waals surface area contributed by atoms with Gasteiger partial charge in [-0.25, -0.2) is 0 Å². The van der Waals surface area contributed by atoms with Crippen molar-refractivity contribution in [2.24, 2.45) is 33.5 Å². The van der Waals surface area contributed by atoms with Crippen molar-refractivity contribution in [1.82, 2.24) is 0 Å². The lowest BCUT2D eigenvalue weighted by Crippen LogP contribution is -2.22. The van der Waals surface area contributed by atoms with E-state index >= 15 is 0 Å². The Bertz CT molecular complexity index is 226. The molecule has 0 aromatic heterocycles. The molecule has 0 aromatic carbocycles. The monoisotopic (exact) mass is 182 g/mol. The normalized spacial score (nSPS) is 25.5. The zero-order chi connectivity index (χ0) is 9.84. The van der Waals surface area contributed by atoms with E-state index in [1.165, 1.54) is 12.8 Å². The molecule has 74 valence electrons. The van der Waals surface area contributed by atoms with Crippen molar-refractivity contribution in [2.45, 2.75) is 33.1 Å². The Hall–Kier alpha value is -1.06. The van der Waals surface area contributed by atoms with Crippen LogP contribution in [0.3, 0.4) is 0 Å². The van der Waals surface area contributed by atoms with Gasteiger partial charge in [0.05, 0.1) is 0 Å². The second-order valence-corrected chi connectivity index (χ2v) is 3.86. The summed E-state index contributed by atoms with van der Waals surface area (Å²) in [4.78, 5) is 0. The number of nitrogens with two attached hydrogens (primary N) is 2. The average Bonchev–Trinajstić information content (AvgIpc) is 2.47. The van der Waals surface area contributed by atoms with Gasteiger partial charge in [-0.1, -0.05) is 13.8 Å².